The molecule has 1 heterocycles. The van der Waals surface area contributed by atoms with Crippen molar-refractivity contribution in [1.29, 1.82) is 0 Å². The van der Waals surface area contributed by atoms with Crippen LogP contribution in [0.15, 0.2) is 5.11 Å². The summed E-state index contributed by atoms with van der Waals surface area (Å²) in [4.78, 5) is 14.1. The first-order valence-electron chi connectivity index (χ1n) is 5.45. The molecule has 102 valence electrons. The number of likely N-dealkylation sites (N-methyl/N-ethyl adjacent to an activating group) is 1. The summed E-state index contributed by atoms with van der Waals surface area (Å²) in [6.45, 7) is 1.92. The number of carbonyl (C=O) groups excluding carboxylic acids is 1. The first kappa shape index (κ1) is 14.7. The number of amides is 1. The second kappa shape index (κ2) is 6.53. The molecule has 9 heteroatoms. The quantitative estimate of drug-likeness (QED) is 0.334. The Balaban J connectivity index is 2.95. The van der Waals surface area contributed by atoms with Gasteiger partial charge in [-0.05, 0) is 12.5 Å². The zero-order valence-corrected chi connectivity index (χ0v) is 10.1. The first-order chi connectivity index (χ1) is 8.56. The van der Waals surface area contributed by atoms with Crippen molar-refractivity contribution in [3.63, 3.8) is 0 Å². The van der Waals surface area contributed by atoms with E-state index in [4.69, 9.17) is 15.0 Å². The van der Waals surface area contributed by atoms with Gasteiger partial charge in [-0.1, -0.05) is 5.11 Å². The third-order valence-corrected chi connectivity index (χ3v) is 2.59. The highest BCUT2D eigenvalue weighted by molar-refractivity contribution is 5.81. The van der Waals surface area contributed by atoms with Crippen LogP contribution in [0, 0.1) is 0 Å². The van der Waals surface area contributed by atoms with Gasteiger partial charge in [-0.3, -0.25) is 4.79 Å². The van der Waals surface area contributed by atoms with Gasteiger partial charge in [0.2, 0.25) is 0 Å². The van der Waals surface area contributed by atoms with Crippen LogP contribution < -0.4 is 5.32 Å². The van der Waals surface area contributed by atoms with Gasteiger partial charge in [0, 0.05) is 18.6 Å². The van der Waals surface area contributed by atoms with Gasteiger partial charge in [0.05, 0.1) is 6.04 Å². The van der Waals surface area contributed by atoms with Crippen LogP contribution in [-0.2, 0) is 14.3 Å². The number of carbonyl (C=O) groups is 1. The van der Waals surface area contributed by atoms with E-state index in [9.17, 15) is 15.0 Å². The molecule has 5 atom stereocenters. The van der Waals surface area contributed by atoms with Crippen molar-refractivity contribution in [3.05, 3.63) is 10.4 Å². The van der Waals surface area contributed by atoms with Gasteiger partial charge in [-0.15, -0.1) is 0 Å². The van der Waals surface area contributed by atoms with E-state index in [1.54, 1.807) is 6.92 Å². The van der Waals surface area contributed by atoms with Crippen molar-refractivity contribution in [3.8, 4) is 0 Å². The van der Waals surface area contributed by atoms with Crippen LogP contribution in [0.2, 0.25) is 0 Å². The predicted octanol–water partition coefficient (Wildman–Crippen LogP) is -1.11. The number of ether oxygens (including phenoxy) is 2. The molecule has 0 saturated carbocycles. The van der Waals surface area contributed by atoms with E-state index in [1.165, 1.54) is 7.05 Å². The molecule has 1 aliphatic rings. The van der Waals surface area contributed by atoms with Crippen molar-refractivity contribution in [2.45, 2.75) is 37.6 Å². The van der Waals surface area contributed by atoms with Gasteiger partial charge in [0.15, 0.2) is 12.4 Å². The smallest absolute Gasteiger partial charge is 0.251 e. The van der Waals surface area contributed by atoms with E-state index in [2.05, 4.69) is 15.3 Å². The standard InChI is InChI=1S/C9H16N4O5/c1-3-17-9-6(15)4(12-13-10)5(14)7(18-9)8(16)11-2/h4-7,9,14-15H,3H2,1-2H3,(H,11,16)/t4-,5-,6+,7-,9+/m0/s1. The fourth-order valence-electron chi connectivity index (χ4n) is 1.71. The maximum Gasteiger partial charge on any atom is 0.251 e. The average molecular weight is 260 g/mol. The Morgan fingerprint density at radius 1 is 1.56 bits per heavy atom. The summed E-state index contributed by atoms with van der Waals surface area (Å²) in [7, 11) is 1.38. The van der Waals surface area contributed by atoms with Crippen LogP contribution in [0.4, 0.5) is 0 Å². The molecule has 0 aromatic carbocycles. The van der Waals surface area contributed by atoms with Gasteiger partial charge < -0.3 is 25.0 Å². The Kier molecular flexibility index (Phi) is 5.32. The molecule has 9 nitrogen and oxygen atoms in total. The van der Waals surface area contributed by atoms with Gasteiger partial charge in [0.25, 0.3) is 5.91 Å². The summed E-state index contributed by atoms with van der Waals surface area (Å²) in [6.07, 6.45) is -5.16. The lowest BCUT2D eigenvalue weighted by Crippen LogP contribution is -2.61. The number of hydrogen-bond donors (Lipinski definition) is 3. The molecule has 0 aromatic rings. The van der Waals surface area contributed by atoms with Crippen LogP contribution in [0.5, 0.6) is 0 Å². The molecule has 0 bridgehead atoms. The Morgan fingerprint density at radius 3 is 2.72 bits per heavy atom. The number of rotatable bonds is 4. The number of hydrogen-bond acceptors (Lipinski definition) is 6. The van der Waals surface area contributed by atoms with E-state index in [0.29, 0.717) is 0 Å². The summed E-state index contributed by atoms with van der Waals surface area (Å²) in [5.41, 5.74) is 8.41. The van der Waals surface area contributed by atoms with Gasteiger partial charge >= 0.3 is 0 Å². The van der Waals surface area contributed by atoms with E-state index in [1.807, 2.05) is 0 Å². The SMILES string of the molecule is CCO[C@@H]1O[C@H](C(=O)NC)[C@@H](O)[C@H](N=[N+]=[N-])[C@H]1O. The highest BCUT2D eigenvalue weighted by atomic mass is 16.7. The monoisotopic (exact) mass is 260 g/mol. The number of nitrogens with one attached hydrogen (secondary N) is 1. The van der Waals surface area contributed by atoms with Gasteiger partial charge in [0.1, 0.15) is 12.2 Å². The molecule has 1 aliphatic heterocycles. The minimum absolute atomic E-state index is 0.237. The molecule has 0 spiro atoms. The number of azide groups is 1. The molecule has 0 unspecified atom stereocenters. The summed E-state index contributed by atoms with van der Waals surface area (Å²) >= 11 is 0. The Labute approximate surface area is 103 Å². The molecular weight excluding hydrogens is 244 g/mol. The third-order valence-electron chi connectivity index (χ3n) is 2.59. The molecule has 18 heavy (non-hydrogen) atoms. The van der Waals surface area contributed by atoms with Crippen LogP contribution in [0.3, 0.4) is 0 Å². The summed E-state index contributed by atoms with van der Waals surface area (Å²) in [5.74, 6) is -0.586. The zero-order valence-electron chi connectivity index (χ0n) is 10.1. The second-order valence-electron chi connectivity index (χ2n) is 3.67. The molecule has 3 N–H and O–H groups in total. The lowest BCUT2D eigenvalue weighted by atomic mass is 9.96. The Hall–Kier alpha value is -1.38. The molecule has 1 rings (SSSR count). The minimum Gasteiger partial charge on any atom is -0.389 e. The first-order valence-corrected chi connectivity index (χ1v) is 5.45. The fraction of sp³-hybridized carbons (Fsp3) is 0.889. The highest BCUT2D eigenvalue weighted by Gasteiger charge is 2.47. The Morgan fingerprint density at radius 2 is 2.22 bits per heavy atom. The largest absolute Gasteiger partial charge is 0.389 e. The summed E-state index contributed by atoms with van der Waals surface area (Å²) in [6, 6.07) is -1.21. The summed E-state index contributed by atoms with van der Waals surface area (Å²) in [5, 5.41) is 25.3. The molecule has 1 saturated heterocycles. The van der Waals surface area contributed by atoms with Crippen LogP contribution in [0.1, 0.15) is 6.92 Å². The molecule has 0 aromatic heterocycles. The van der Waals surface area contributed by atoms with Gasteiger partial charge in [-0.2, -0.15) is 0 Å². The Bertz CT molecular complexity index is 346. The molecule has 1 fully saturated rings. The molecule has 0 aliphatic carbocycles. The maximum absolute atomic E-state index is 11.5. The van der Waals surface area contributed by atoms with E-state index >= 15 is 0 Å². The number of aliphatic hydroxyl groups excluding tert-OH is 2. The van der Waals surface area contributed by atoms with E-state index < -0.39 is 36.6 Å². The van der Waals surface area contributed by atoms with Gasteiger partial charge in [-0.25, -0.2) is 0 Å². The van der Waals surface area contributed by atoms with Crippen LogP contribution >= 0.6 is 0 Å². The molecule has 0 radical (unpaired) electrons. The topological polar surface area (TPSA) is 137 Å². The molecule has 1 amide bonds. The van der Waals surface area contributed by atoms with Crippen LogP contribution in [0.25, 0.3) is 10.4 Å². The highest BCUT2D eigenvalue weighted by Crippen LogP contribution is 2.24. The van der Waals surface area contributed by atoms with Crippen LogP contribution in [-0.4, -0.2) is 60.4 Å². The van der Waals surface area contributed by atoms with Crippen molar-refractivity contribution in [2.24, 2.45) is 5.11 Å². The lowest BCUT2D eigenvalue weighted by Gasteiger charge is -2.39. The number of nitrogens with zero attached hydrogens (tertiary/aromatic N) is 3. The van der Waals surface area contributed by atoms with E-state index in [0.717, 1.165) is 0 Å². The summed E-state index contributed by atoms with van der Waals surface area (Å²) < 4.78 is 10.3. The van der Waals surface area contributed by atoms with Crippen molar-refractivity contribution in [1.82, 2.24) is 5.32 Å². The second-order valence-corrected chi connectivity index (χ2v) is 3.67. The van der Waals surface area contributed by atoms with Crippen molar-refractivity contribution >= 4 is 5.91 Å². The lowest BCUT2D eigenvalue weighted by molar-refractivity contribution is -0.264. The van der Waals surface area contributed by atoms with E-state index in [-0.39, 0.29) is 6.61 Å². The normalized spacial score (nSPS) is 35.7. The average Bonchev–Trinajstić information content (AvgIpc) is 2.37. The third kappa shape index (κ3) is 2.89. The van der Waals surface area contributed by atoms with Crippen molar-refractivity contribution < 1.29 is 24.5 Å². The fourth-order valence-corrected chi connectivity index (χ4v) is 1.71. The number of aliphatic hydroxyl groups is 2. The minimum atomic E-state index is -1.44. The maximum atomic E-state index is 11.5. The zero-order chi connectivity index (χ0) is 13.7. The van der Waals surface area contributed by atoms with Crippen molar-refractivity contribution in [2.75, 3.05) is 13.7 Å². The predicted molar refractivity (Wildman–Crippen MR) is 59.3 cm³/mol. The molecular formula is C9H16N4O5.